The van der Waals surface area contributed by atoms with Gasteiger partial charge in [-0.2, -0.15) is 5.10 Å². The zero-order valence-electron chi connectivity index (χ0n) is 24.3. The molecule has 5 nitrogen and oxygen atoms in total. The molecule has 37 heavy (non-hydrogen) atoms. The first-order valence-corrected chi connectivity index (χ1v) is 13.4. The molecule has 0 aliphatic rings. The molecule has 0 radical (unpaired) electrons. The van der Waals surface area contributed by atoms with Gasteiger partial charge in [0.25, 0.3) is 0 Å². The van der Waals surface area contributed by atoms with Gasteiger partial charge in [-0.1, -0.05) is 18.2 Å². The lowest BCUT2D eigenvalue weighted by Crippen LogP contribution is -1.99. The minimum Gasteiger partial charge on any atom is -0.352 e. The van der Waals surface area contributed by atoms with Gasteiger partial charge in [-0.25, -0.2) is 0 Å². The lowest BCUT2D eigenvalue weighted by Gasteiger charge is -2.08. The molecule has 5 aromatic rings. The lowest BCUT2D eigenvalue weighted by molar-refractivity contribution is 0.532. The van der Waals surface area contributed by atoms with Crippen LogP contribution in [-0.4, -0.2) is 23.5 Å². The van der Waals surface area contributed by atoms with E-state index in [-0.39, 0.29) is 0 Å². The summed E-state index contributed by atoms with van der Waals surface area (Å²) in [5, 5.41) is 5.36. The van der Waals surface area contributed by atoms with Crippen LogP contribution in [-0.2, 0) is 0 Å². The van der Waals surface area contributed by atoms with E-state index in [9.17, 15) is 0 Å². The van der Waals surface area contributed by atoms with Gasteiger partial charge in [0.1, 0.15) is 0 Å². The van der Waals surface area contributed by atoms with Crippen LogP contribution in [0.1, 0.15) is 85.1 Å². The third-order valence-electron chi connectivity index (χ3n) is 5.92. The molecule has 0 saturated heterocycles. The van der Waals surface area contributed by atoms with Crippen LogP contribution in [0.3, 0.4) is 0 Å². The van der Waals surface area contributed by atoms with Gasteiger partial charge in [0, 0.05) is 73.1 Å². The van der Waals surface area contributed by atoms with Gasteiger partial charge >= 0.3 is 0 Å². The number of para-hydroxylation sites is 1. The van der Waals surface area contributed by atoms with Gasteiger partial charge in [0.2, 0.25) is 0 Å². The van der Waals surface area contributed by atoms with Crippen molar-refractivity contribution in [2.24, 2.45) is 0 Å². The molecule has 0 bridgehead atoms. The maximum Gasteiger partial charge on any atom is 0.0489 e. The number of benzene rings is 1. The Bertz CT molecular complexity index is 1200. The Balaban J connectivity index is 0.000000176. The van der Waals surface area contributed by atoms with Crippen molar-refractivity contribution in [3.05, 3.63) is 104 Å². The summed E-state index contributed by atoms with van der Waals surface area (Å²) in [5.74, 6) is 0. The Hall–Kier alpha value is -3.47. The molecule has 5 rings (SSSR count). The maximum atomic E-state index is 4.03. The molecule has 200 valence electrons. The van der Waals surface area contributed by atoms with Crippen molar-refractivity contribution >= 4 is 10.9 Å². The fourth-order valence-corrected chi connectivity index (χ4v) is 3.68. The summed E-state index contributed by atoms with van der Waals surface area (Å²) in [7, 11) is 0. The predicted octanol–water partition coefficient (Wildman–Crippen LogP) is 9.13. The Morgan fingerprint density at radius 1 is 0.568 bits per heavy atom. The molecule has 0 saturated carbocycles. The first-order chi connectivity index (χ1) is 17.6. The van der Waals surface area contributed by atoms with Gasteiger partial charge < -0.3 is 13.7 Å². The highest BCUT2D eigenvalue weighted by Gasteiger charge is 2.01. The molecule has 5 heteroatoms. The van der Waals surface area contributed by atoms with Crippen LogP contribution in [0.15, 0.2) is 98.0 Å². The van der Waals surface area contributed by atoms with E-state index in [1.54, 1.807) is 6.20 Å². The number of aryl methyl sites for hydroxylation is 1. The zero-order chi connectivity index (χ0) is 27.4. The van der Waals surface area contributed by atoms with E-state index < -0.39 is 0 Å². The molecule has 0 amide bonds. The van der Waals surface area contributed by atoms with E-state index in [1.165, 1.54) is 16.5 Å². The molecule has 1 aromatic carbocycles. The van der Waals surface area contributed by atoms with Crippen molar-refractivity contribution in [1.82, 2.24) is 23.5 Å². The van der Waals surface area contributed by atoms with Crippen LogP contribution < -0.4 is 0 Å². The van der Waals surface area contributed by atoms with E-state index in [2.05, 4.69) is 148 Å². The monoisotopic (exact) mass is 501 g/mol. The topological polar surface area (TPSA) is 32.6 Å². The smallest absolute Gasteiger partial charge is 0.0489 e. The highest BCUT2D eigenvalue weighted by molar-refractivity contribution is 5.80. The predicted molar refractivity (Wildman–Crippen MR) is 159 cm³/mol. The minimum absolute atomic E-state index is 0.491. The van der Waals surface area contributed by atoms with Crippen LogP contribution in [0.2, 0.25) is 0 Å². The van der Waals surface area contributed by atoms with Crippen molar-refractivity contribution < 1.29 is 0 Å². The van der Waals surface area contributed by atoms with Crippen LogP contribution in [0, 0.1) is 6.92 Å². The summed E-state index contributed by atoms with van der Waals surface area (Å²) in [6, 6.07) is 21.0. The lowest BCUT2D eigenvalue weighted by atomic mass is 10.2. The SMILES string of the molecule is CC(C)n1ccc2ccccc21.CC(C)n1cccc1.CC(C)n1cccn1.Cc1ccn(C(C)C)c1. The molecule has 0 N–H and O–H groups in total. The second kappa shape index (κ2) is 14.9. The number of fused-ring (bicyclic) bond motifs is 1. The van der Waals surface area contributed by atoms with E-state index in [0.717, 1.165) is 0 Å². The second-order valence-corrected chi connectivity index (χ2v) is 10.4. The first-order valence-electron chi connectivity index (χ1n) is 13.4. The van der Waals surface area contributed by atoms with Gasteiger partial charge in [0.05, 0.1) is 0 Å². The maximum absolute atomic E-state index is 4.03. The van der Waals surface area contributed by atoms with Crippen LogP contribution in [0.4, 0.5) is 0 Å². The fourth-order valence-electron chi connectivity index (χ4n) is 3.68. The number of hydrogen-bond donors (Lipinski definition) is 0. The van der Waals surface area contributed by atoms with Gasteiger partial charge in [0.15, 0.2) is 0 Å². The van der Waals surface area contributed by atoms with Crippen LogP contribution in [0.5, 0.6) is 0 Å². The third kappa shape index (κ3) is 9.83. The van der Waals surface area contributed by atoms with Crippen LogP contribution >= 0.6 is 0 Å². The van der Waals surface area contributed by atoms with Gasteiger partial charge in [-0.15, -0.1) is 0 Å². The summed E-state index contributed by atoms with van der Waals surface area (Å²) >= 11 is 0. The molecule has 0 fully saturated rings. The molecule has 0 unspecified atom stereocenters. The molecule has 4 aromatic heterocycles. The highest BCUT2D eigenvalue weighted by Crippen LogP contribution is 2.18. The van der Waals surface area contributed by atoms with Crippen molar-refractivity contribution in [3.63, 3.8) is 0 Å². The van der Waals surface area contributed by atoms with Crippen LogP contribution in [0.25, 0.3) is 10.9 Å². The number of hydrogen-bond acceptors (Lipinski definition) is 1. The summed E-state index contributed by atoms with van der Waals surface area (Å²) in [6.07, 6.45) is 14.3. The Morgan fingerprint density at radius 3 is 1.62 bits per heavy atom. The van der Waals surface area contributed by atoms with Gasteiger partial charge in [-0.05, 0) is 110 Å². The van der Waals surface area contributed by atoms with Crippen molar-refractivity contribution in [2.45, 2.75) is 86.5 Å². The van der Waals surface area contributed by atoms with E-state index >= 15 is 0 Å². The second-order valence-electron chi connectivity index (χ2n) is 10.4. The summed E-state index contributed by atoms with van der Waals surface area (Å²) in [6.45, 7) is 19.4. The standard InChI is InChI=1S/C11H13N.C8H13N.C7H11N.C6H10N2/c1-9(2)12-8-7-10-5-3-4-6-11(10)12;1-7(2)9-5-4-8(3)6-9;1-7(2)8-5-3-4-6-8;1-6(2)8-5-3-4-7-8/h3-9H,1-2H3;4-7H,1-3H3;3-7H,1-2H3;3-6H,1-2H3. The average Bonchev–Trinajstić information content (AvgIpc) is 3.67. The molecule has 0 atom stereocenters. The van der Waals surface area contributed by atoms with Crippen molar-refractivity contribution in [3.8, 4) is 0 Å². The third-order valence-corrected chi connectivity index (χ3v) is 5.92. The molecule has 4 heterocycles. The molecule has 0 aliphatic heterocycles. The fraction of sp³-hybridized carbons (Fsp3) is 0.406. The van der Waals surface area contributed by atoms with E-state index in [1.807, 2.05) is 29.1 Å². The average molecular weight is 502 g/mol. The highest BCUT2D eigenvalue weighted by atomic mass is 15.3. The molecular formula is C32H47N5. The summed E-state index contributed by atoms with van der Waals surface area (Å²) < 4.78 is 8.57. The molecular weight excluding hydrogens is 454 g/mol. The minimum atomic E-state index is 0.491. The Morgan fingerprint density at radius 2 is 1.22 bits per heavy atom. The van der Waals surface area contributed by atoms with E-state index in [0.29, 0.717) is 24.2 Å². The quantitative estimate of drug-likeness (QED) is 0.242. The Kier molecular flexibility index (Phi) is 12.0. The number of aromatic nitrogens is 5. The number of rotatable bonds is 4. The summed E-state index contributed by atoms with van der Waals surface area (Å²) in [5.41, 5.74) is 2.66. The molecule has 0 spiro atoms. The summed E-state index contributed by atoms with van der Waals surface area (Å²) in [4.78, 5) is 0. The Labute approximate surface area is 224 Å². The van der Waals surface area contributed by atoms with Crippen molar-refractivity contribution in [1.29, 1.82) is 0 Å². The first kappa shape index (κ1) is 29.8. The van der Waals surface area contributed by atoms with Crippen molar-refractivity contribution in [2.75, 3.05) is 0 Å². The normalized spacial score (nSPS) is 10.7. The van der Waals surface area contributed by atoms with E-state index in [4.69, 9.17) is 0 Å². The number of nitrogens with zero attached hydrogens (tertiary/aromatic N) is 5. The largest absolute Gasteiger partial charge is 0.352 e. The van der Waals surface area contributed by atoms with Gasteiger partial charge in [-0.3, -0.25) is 4.68 Å². The zero-order valence-corrected chi connectivity index (χ0v) is 24.3. The molecule has 0 aliphatic carbocycles.